The van der Waals surface area contributed by atoms with E-state index in [-0.39, 0.29) is 0 Å². The highest BCUT2D eigenvalue weighted by Crippen LogP contribution is 2.39. The largest absolute Gasteiger partial charge is 0.456 e. The molecule has 0 spiro atoms. The van der Waals surface area contributed by atoms with Crippen molar-refractivity contribution in [3.8, 4) is 45.3 Å². The van der Waals surface area contributed by atoms with Crippen LogP contribution in [0.1, 0.15) is 0 Å². The fraction of sp³-hybridized carbons (Fsp3) is 0. The van der Waals surface area contributed by atoms with Crippen molar-refractivity contribution in [2.45, 2.75) is 0 Å². The number of nitrogens with zero attached hydrogens (tertiary/aromatic N) is 3. The fourth-order valence-corrected chi connectivity index (χ4v) is 7.62. The molecule has 0 fully saturated rings. The van der Waals surface area contributed by atoms with Crippen LogP contribution in [-0.2, 0) is 0 Å². The molecule has 242 valence electrons. The number of benzene rings is 8. The predicted molar refractivity (Wildman–Crippen MR) is 211 cm³/mol. The summed E-state index contributed by atoms with van der Waals surface area (Å²) in [4.78, 5) is 15.4. The molecule has 5 heteroatoms. The Morgan fingerprint density at radius 1 is 0.327 bits per heavy atom. The highest BCUT2D eigenvalue weighted by Gasteiger charge is 2.19. The Balaban J connectivity index is 1.07. The Bertz CT molecular complexity index is 3190. The molecule has 0 N–H and O–H groups in total. The molecule has 0 bridgehead atoms. The summed E-state index contributed by atoms with van der Waals surface area (Å²) in [6.45, 7) is 0. The number of rotatable bonds is 4. The van der Waals surface area contributed by atoms with Crippen LogP contribution in [0.25, 0.3) is 111 Å². The monoisotopic (exact) mass is 665 g/mol. The van der Waals surface area contributed by atoms with Gasteiger partial charge in [-0.15, -0.1) is 0 Å². The zero-order valence-electron chi connectivity index (χ0n) is 27.7. The molecule has 0 unspecified atom stereocenters. The van der Waals surface area contributed by atoms with Crippen LogP contribution >= 0.6 is 0 Å². The summed E-state index contributed by atoms with van der Waals surface area (Å²) < 4.78 is 12.6. The third-order valence-electron chi connectivity index (χ3n) is 10.1. The van der Waals surface area contributed by atoms with Crippen LogP contribution in [0.5, 0.6) is 0 Å². The first-order chi connectivity index (χ1) is 25.7. The number of hydrogen-bond donors (Lipinski definition) is 0. The Morgan fingerprint density at radius 2 is 0.904 bits per heavy atom. The average Bonchev–Trinajstić information content (AvgIpc) is 3.79. The fourth-order valence-electron chi connectivity index (χ4n) is 7.62. The quantitative estimate of drug-likeness (QED) is 0.187. The first-order valence-corrected chi connectivity index (χ1v) is 17.3. The van der Waals surface area contributed by atoms with E-state index in [1.165, 1.54) is 0 Å². The Labute approximate surface area is 297 Å². The van der Waals surface area contributed by atoms with E-state index in [9.17, 15) is 0 Å². The highest BCUT2D eigenvalue weighted by molar-refractivity contribution is 6.15. The van der Waals surface area contributed by atoms with Gasteiger partial charge in [0.15, 0.2) is 17.5 Å². The normalized spacial score (nSPS) is 11.8. The summed E-state index contributed by atoms with van der Waals surface area (Å²) in [5.41, 5.74) is 8.40. The minimum absolute atomic E-state index is 0.596. The first kappa shape index (κ1) is 28.7. The third-order valence-corrected chi connectivity index (χ3v) is 10.1. The maximum atomic E-state index is 6.37. The molecule has 3 aromatic heterocycles. The van der Waals surface area contributed by atoms with Crippen LogP contribution in [0.4, 0.5) is 0 Å². The second-order valence-electron chi connectivity index (χ2n) is 13.2. The third kappa shape index (κ3) is 4.46. The van der Waals surface area contributed by atoms with Crippen LogP contribution in [0.15, 0.2) is 173 Å². The van der Waals surface area contributed by atoms with Crippen LogP contribution < -0.4 is 0 Å². The molecule has 0 saturated carbocycles. The van der Waals surface area contributed by atoms with Crippen molar-refractivity contribution < 1.29 is 8.83 Å². The van der Waals surface area contributed by atoms with Gasteiger partial charge in [0.1, 0.15) is 22.3 Å². The number of furan rings is 2. The van der Waals surface area contributed by atoms with Crippen molar-refractivity contribution in [3.05, 3.63) is 164 Å². The first-order valence-electron chi connectivity index (χ1n) is 17.3. The topological polar surface area (TPSA) is 65.0 Å². The Kier molecular flexibility index (Phi) is 6.18. The van der Waals surface area contributed by atoms with Crippen LogP contribution in [0.2, 0.25) is 0 Å². The van der Waals surface area contributed by atoms with Crippen molar-refractivity contribution in [3.63, 3.8) is 0 Å². The van der Waals surface area contributed by atoms with Crippen molar-refractivity contribution in [2.24, 2.45) is 0 Å². The Hall–Kier alpha value is -7.11. The van der Waals surface area contributed by atoms with Crippen LogP contribution in [0.3, 0.4) is 0 Å². The van der Waals surface area contributed by atoms with E-state index in [2.05, 4.69) is 121 Å². The molecule has 0 saturated heterocycles. The lowest BCUT2D eigenvalue weighted by Crippen LogP contribution is -2.01. The van der Waals surface area contributed by atoms with Gasteiger partial charge in [0.05, 0.1) is 0 Å². The summed E-state index contributed by atoms with van der Waals surface area (Å²) >= 11 is 0. The van der Waals surface area contributed by atoms with Crippen molar-refractivity contribution in [2.75, 3.05) is 0 Å². The van der Waals surface area contributed by atoms with Crippen LogP contribution in [0, 0.1) is 0 Å². The van der Waals surface area contributed by atoms with Crippen LogP contribution in [-0.4, -0.2) is 15.0 Å². The summed E-state index contributed by atoms with van der Waals surface area (Å²) in [5.74, 6) is 1.82. The lowest BCUT2D eigenvalue weighted by Gasteiger charge is -2.11. The van der Waals surface area contributed by atoms with Gasteiger partial charge in [-0.3, -0.25) is 0 Å². The molecule has 5 nitrogen and oxygen atoms in total. The molecule has 11 rings (SSSR count). The van der Waals surface area contributed by atoms with E-state index >= 15 is 0 Å². The summed E-state index contributed by atoms with van der Waals surface area (Å²) in [5, 5.41) is 8.74. The number of para-hydroxylation sites is 2. The maximum absolute atomic E-state index is 6.37. The van der Waals surface area contributed by atoms with Crippen molar-refractivity contribution >= 4 is 65.4 Å². The summed E-state index contributed by atoms with van der Waals surface area (Å²) in [7, 11) is 0. The predicted octanol–water partition coefficient (Wildman–Crippen LogP) is 12.6. The van der Waals surface area contributed by atoms with Gasteiger partial charge in [-0.2, -0.15) is 0 Å². The van der Waals surface area contributed by atoms with Gasteiger partial charge in [-0.1, -0.05) is 133 Å². The molecule has 0 aliphatic rings. The van der Waals surface area contributed by atoms with E-state index in [0.717, 1.165) is 93.2 Å². The number of aromatic nitrogens is 3. The summed E-state index contributed by atoms with van der Waals surface area (Å²) in [6.07, 6.45) is 0. The Morgan fingerprint density at radius 3 is 1.77 bits per heavy atom. The maximum Gasteiger partial charge on any atom is 0.164 e. The molecule has 0 amide bonds. The summed E-state index contributed by atoms with van der Waals surface area (Å²) in [6, 6.07) is 56.3. The second-order valence-corrected chi connectivity index (χ2v) is 13.2. The molecule has 8 aromatic carbocycles. The van der Waals surface area contributed by atoms with E-state index in [4.69, 9.17) is 23.8 Å². The molecular weight excluding hydrogens is 639 g/mol. The zero-order chi connectivity index (χ0) is 34.2. The minimum atomic E-state index is 0.596. The van der Waals surface area contributed by atoms with Gasteiger partial charge >= 0.3 is 0 Å². The van der Waals surface area contributed by atoms with Gasteiger partial charge in [0.2, 0.25) is 0 Å². The average molecular weight is 666 g/mol. The smallest absolute Gasteiger partial charge is 0.164 e. The van der Waals surface area contributed by atoms with Crippen molar-refractivity contribution in [1.29, 1.82) is 0 Å². The van der Waals surface area contributed by atoms with E-state index < -0.39 is 0 Å². The van der Waals surface area contributed by atoms with Gasteiger partial charge in [0.25, 0.3) is 0 Å². The lowest BCUT2D eigenvalue weighted by molar-refractivity contribution is 0.669. The molecule has 11 aromatic rings. The van der Waals surface area contributed by atoms with Gasteiger partial charge in [-0.25, -0.2) is 15.0 Å². The van der Waals surface area contributed by atoms with E-state index in [1.54, 1.807) is 0 Å². The molecule has 0 atom stereocenters. The SMILES string of the molecule is c1ccc2c(-c3nc(-c4ccc(-c5ccc6ccc7c8ccccc8oc7c6c5)cc4)nc(-c4cccc5oc6ccccc6c45)n3)cccc2c1. The standard InChI is InChI=1S/C47H27N3O2/c1-2-11-33-29(9-1)10-7-14-36(33)46-48-45(49-47(50-46)38-15-8-18-42-43(38)37-13-4-6-17-41(37)51-42)31-22-19-28(20-23-31)32-24-21-30-25-26-35-34-12-3-5-16-40(34)52-44(35)39(30)27-32/h1-27H. The molecule has 52 heavy (non-hydrogen) atoms. The second kappa shape index (κ2) is 11.2. The van der Waals surface area contributed by atoms with Gasteiger partial charge < -0.3 is 8.83 Å². The lowest BCUT2D eigenvalue weighted by atomic mass is 9.98. The number of fused-ring (bicyclic) bond motifs is 9. The number of hydrogen-bond acceptors (Lipinski definition) is 5. The van der Waals surface area contributed by atoms with Crippen molar-refractivity contribution in [1.82, 2.24) is 15.0 Å². The molecule has 0 aliphatic heterocycles. The highest BCUT2D eigenvalue weighted by atomic mass is 16.3. The van der Waals surface area contributed by atoms with E-state index in [1.807, 2.05) is 42.5 Å². The van der Waals surface area contributed by atoms with Gasteiger partial charge in [-0.05, 0) is 57.6 Å². The van der Waals surface area contributed by atoms with Gasteiger partial charge in [0, 0.05) is 43.6 Å². The molecule has 0 aliphatic carbocycles. The minimum Gasteiger partial charge on any atom is -0.456 e. The zero-order valence-corrected chi connectivity index (χ0v) is 27.7. The molecule has 3 heterocycles. The molecular formula is C47H27N3O2. The van der Waals surface area contributed by atoms with E-state index in [0.29, 0.717) is 17.5 Å². The molecule has 0 radical (unpaired) electrons.